The Morgan fingerprint density at radius 1 is 0.688 bits per heavy atom. The average Bonchev–Trinajstić information content (AvgIpc) is 2.19. The summed E-state index contributed by atoms with van der Waals surface area (Å²) in [4.78, 5) is 0. The van der Waals surface area contributed by atoms with Gasteiger partial charge in [-0.25, -0.2) is 0 Å². The number of hydrogen-bond donors (Lipinski definition) is 0. The first-order chi connectivity index (χ1) is 7.58. The maximum absolute atomic E-state index is 2.24. The Morgan fingerprint density at radius 3 is 1.38 bits per heavy atom. The summed E-state index contributed by atoms with van der Waals surface area (Å²) in [6.45, 7) is 4.28. The van der Waals surface area contributed by atoms with Gasteiger partial charge in [0.05, 0.1) is 0 Å². The molecule has 0 saturated carbocycles. The molecular formula is C14H16B2. The molecule has 0 fully saturated rings. The van der Waals surface area contributed by atoms with Gasteiger partial charge in [0.15, 0.2) is 0 Å². The van der Waals surface area contributed by atoms with Gasteiger partial charge in [0, 0.05) is 0 Å². The van der Waals surface area contributed by atoms with E-state index in [2.05, 4.69) is 65.9 Å². The van der Waals surface area contributed by atoms with Crippen LogP contribution in [0.5, 0.6) is 0 Å². The van der Waals surface area contributed by atoms with Crippen molar-refractivity contribution in [1.82, 2.24) is 0 Å². The normalized spacial score (nSPS) is 10.4. The van der Waals surface area contributed by atoms with Crippen LogP contribution in [0.1, 0.15) is 11.1 Å². The van der Waals surface area contributed by atoms with Crippen molar-refractivity contribution in [1.29, 1.82) is 0 Å². The Labute approximate surface area is 99.5 Å². The highest BCUT2D eigenvalue weighted by molar-refractivity contribution is 6.40. The summed E-state index contributed by atoms with van der Waals surface area (Å²) in [6, 6.07) is 13.3. The zero-order valence-corrected chi connectivity index (χ0v) is 10.5. The van der Waals surface area contributed by atoms with Crippen molar-refractivity contribution in [2.24, 2.45) is 0 Å². The lowest BCUT2D eigenvalue weighted by Gasteiger charge is -2.11. The molecule has 0 aromatic heterocycles. The minimum atomic E-state index is 1.33. The summed E-state index contributed by atoms with van der Waals surface area (Å²) >= 11 is 0. The second-order valence-electron chi connectivity index (χ2n) is 4.64. The van der Waals surface area contributed by atoms with Gasteiger partial charge in [-0.2, -0.15) is 0 Å². The van der Waals surface area contributed by atoms with Gasteiger partial charge in [-0.15, -0.1) is 0 Å². The monoisotopic (exact) mass is 206 g/mol. The van der Waals surface area contributed by atoms with Crippen molar-refractivity contribution in [2.45, 2.75) is 13.8 Å². The third kappa shape index (κ3) is 2.06. The van der Waals surface area contributed by atoms with Crippen molar-refractivity contribution in [3.8, 4) is 11.1 Å². The van der Waals surface area contributed by atoms with Crippen molar-refractivity contribution < 1.29 is 0 Å². The molecule has 16 heavy (non-hydrogen) atoms. The molecule has 0 radical (unpaired) electrons. The van der Waals surface area contributed by atoms with Gasteiger partial charge in [-0.05, 0) is 25.0 Å². The Balaban J connectivity index is 2.59. The first kappa shape index (κ1) is 11.1. The smallest absolute Gasteiger partial charge is 0.0810 e. The van der Waals surface area contributed by atoms with E-state index in [1.807, 2.05) is 0 Å². The van der Waals surface area contributed by atoms with Crippen LogP contribution in [-0.2, 0) is 0 Å². The molecule has 0 aliphatic heterocycles. The van der Waals surface area contributed by atoms with Gasteiger partial charge in [0.1, 0.15) is 15.7 Å². The van der Waals surface area contributed by atoms with Gasteiger partial charge in [-0.1, -0.05) is 58.5 Å². The largest absolute Gasteiger partial charge is 0.140 e. The van der Waals surface area contributed by atoms with Crippen molar-refractivity contribution in [3.63, 3.8) is 0 Å². The van der Waals surface area contributed by atoms with Gasteiger partial charge >= 0.3 is 0 Å². The van der Waals surface area contributed by atoms with E-state index >= 15 is 0 Å². The topological polar surface area (TPSA) is 0 Å². The third-order valence-corrected chi connectivity index (χ3v) is 3.05. The van der Waals surface area contributed by atoms with Crippen LogP contribution in [0.3, 0.4) is 0 Å². The zero-order valence-electron chi connectivity index (χ0n) is 10.5. The van der Waals surface area contributed by atoms with Crippen molar-refractivity contribution in [2.75, 3.05) is 0 Å². The number of aryl methyl sites for hydroxylation is 2. The van der Waals surface area contributed by atoms with Crippen LogP contribution < -0.4 is 10.9 Å². The summed E-state index contributed by atoms with van der Waals surface area (Å²) in [5.74, 6) is 0. The Bertz CT molecular complexity index is 481. The number of rotatable bonds is 1. The molecule has 78 valence electrons. The second-order valence-corrected chi connectivity index (χ2v) is 4.64. The van der Waals surface area contributed by atoms with E-state index in [0.717, 1.165) is 0 Å². The maximum atomic E-state index is 2.24. The first-order valence-corrected chi connectivity index (χ1v) is 5.73. The highest BCUT2D eigenvalue weighted by Crippen LogP contribution is 2.15. The molecule has 0 N–H and O–H groups in total. The van der Waals surface area contributed by atoms with Gasteiger partial charge in [0.25, 0.3) is 0 Å². The predicted molar refractivity (Wildman–Crippen MR) is 77.7 cm³/mol. The summed E-state index contributed by atoms with van der Waals surface area (Å²) in [5.41, 5.74) is 8.06. The molecule has 0 spiro atoms. The molecule has 0 bridgehead atoms. The molecule has 0 nitrogen and oxygen atoms in total. The average molecular weight is 206 g/mol. The number of hydrogen-bond acceptors (Lipinski definition) is 0. The maximum Gasteiger partial charge on any atom is 0.140 e. The Kier molecular flexibility index (Phi) is 2.91. The first-order valence-electron chi connectivity index (χ1n) is 5.73. The molecule has 2 rings (SSSR count). The van der Waals surface area contributed by atoms with E-state index < -0.39 is 0 Å². The minimum Gasteiger partial charge on any atom is -0.0810 e. The SMILES string of the molecule is Bc1cc(C)ccc1-c1ccc(C)cc1B. The van der Waals surface area contributed by atoms with Gasteiger partial charge < -0.3 is 0 Å². The van der Waals surface area contributed by atoms with E-state index in [4.69, 9.17) is 0 Å². The Hall–Kier alpha value is -1.43. The lowest BCUT2D eigenvalue weighted by molar-refractivity contribution is 1.47. The fraction of sp³-hybridized carbons (Fsp3) is 0.143. The lowest BCUT2D eigenvalue weighted by Crippen LogP contribution is -2.14. The van der Waals surface area contributed by atoms with E-state index in [-0.39, 0.29) is 0 Å². The molecule has 0 saturated heterocycles. The molecule has 0 heterocycles. The molecule has 2 heteroatoms. The second kappa shape index (κ2) is 4.21. The molecule has 2 aromatic carbocycles. The standard InChI is InChI=1S/C14H16B2/c1-9-3-5-11(13(15)7-9)12-6-4-10(2)8-14(12)16/h3-8H,15-16H2,1-2H3. The quantitative estimate of drug-likeness (QED) is 0.595. The molecule has 0 amide bonds. The molecule has 0 atom stereocenters. The highest BCUT2D eigenvalue weighted by Gasteiger charge is 2.04. The molecule has 0 aliphatic carbocycles. The van der Waals surface area contributed by atoms with Gasteiger partial charge in [0.2, 0.25) is 0 Å². The minimum absolute atomic E-state index is 1.33. The number of benzene rings is 2. The summed E-state index contributed by atoms with van der Waals surface area (Å²) in [5, 5.41) is 0. The molecular weight excluding hydrogens is 190 g/mol. The lowest BCUT2D eigenvalue weighted by atomic mass is 9.80. The van der Waals surface area contributed by atoms with E-state index in [1.54, 1.807) is 0 Å². The third-order valence-electron chi connectivity index (χ3n) is 3.05. The van der Waals surface area contributed by atoms with E-state index in [1.165, 1.54) is 33.2 Å². The predicted octanol–water partition coefficient (Wildman–Crippen LogP) is 0.487. The zero-order chi connectivity index (χ0) is 11.7. The van der Waals surface area contributed by atoms with Crippen LogP contribution in [0, 0.1) is 13.8 Å². The van der Waals surface area contributed by atoms with E-state index in [9.17, 15) is 0 Å². The van der Waals surface area contributed by atoms with Crippen LogP contribution in [0.4, 0.5) is 0 Å². The Morgan fingerprint density at radius 2 is 1.06 bits per heavy atom. The fourth-order valence-corrected chi connectivity index (χ4v) is 2.23. The fourth-order valence-electron chi connectivity index (χ4n) is 2.23. The van der Waals surface area contributed by atoms with Crippen molar-refractivity contribution in [3.05, 3.63) is 47.5 Å². The van der Waals surface area contributed by atoms with Crippen molar-refractivity contribution >= 4 is 26.6 Å². The van der Waals surface area contributed by atoms with Crippen LogP contribution in [0.15, 0.2) is 36.4 Å². The summed E-state index contributed by atoms with van der Waals surface area (Å²) in [6.07, 6.45) is 0. The molecule has 0 aliphatic rings. The van der Waals surface area contributed by atoms with Crippen LogP contribution in [0.25, 0.3) is 11.1 Å². The van der Waals surface area contributed by atoms with Gasteiger partial charge in [-0.3, -0.25) is 0 Å². The molecule has 0 unspecified atom stereocenters. The summed E-state index contributed by atoms with van der Waals surface area (Å²) in [7, 11) is 4.36. The highest BCUT2D eigenvalue weighted by atomic mass is 14.1. The van der Waals surface area contributed by atoms with Crippen LogP contribution >= 0.6 is 0 Å². The van der Waals surface area contributed by atoms with E-state index in [0.29, 0.717) is 0 Å². The summed E-state index contributed by atoms with van der Waals surface area (Å²) < 4.78 is 0. The molecule has 2 aromatic rings. The van der Waals surface area contributed by atoms with Crippen LogP contribution in [-0.4, -0.2) is 15.7 Å². The van der Waals surface area contributed by atoms with Crippen LogP contribution in [0.2, 0.25) is 0 Å².